The number of hydrogen-bond acceptors (Lipinski definition) is 4. The first kappa shape index (κ1) is 12.6. The molecule has 0 fully saturated rings. The summed E-state index contributed by atoms with van der Waals surface area (Å²) >= 11 is 0. The average Bonchev–Trinajstić information content (AvgIpc) is 2.26. The smallest absolute Gasteiger partial charge is 0.269 e. The van der Waals surface area contributed by atoms with Crippen molar-refractivity contribution in [2.75, 3.05) is 6.54 Å². The van der Waals surface area contributed by atoms with Crippen LogP contribution in [0.2, 0.25) is 0 Å². The molecule has 0 aromatic heterocycles. The highest BCUT2D eigenvalue weighted by Crippen LogP contribution is 2.18. The molecule has 1 rings (SSSR count). The lowest BCUT2D eigenvalue weighted by Gasteiger charge is -2.15. The molecular weight excluding hydrogens is 208 g/mol. The molecule has 16 heavy (non-hydrogen) atoms. The summed E-state index contributed by atoms with van der Waals surface area (Å²) in [5, 5.41) is 22.8. The molecule has 0 aliphatic heterocycles. The summed E-state index contributed by atoms with van der Waals surface area (Å²) in [7, 11) is 0. The van der Waals surface area contributed by atoms with E-state index in [-0.39, 0.29) is 11.7 Å². The Morgan fingerprint density at radius 3 is 2.75 bits per heavy atom. The van der Waals surface area contributed by atoms with E-state index in [4.69, 9.17) is 5.11 Å². The lowest BCUT2D eigenvalue weighted by molar-refractivity contribution is -0.384. The Balaban J connectivity index is 2.71. The van der Waals surface area contributed by atoms with Crippen molar-refractivity contribution in [3.63, 3.8) is 0 Å². The predicted molar refractivity (Wildman–Crippen MR) is 61.2 cm³/mol. The third-order valence-corrected chi connectivity index (χ3v) is 2.30. The lowest BCUT2D eigenvalue weighted by atomic mass is 10.1. The number of aliphatic hydroxyl groups is 1. The standard InChI is InChI=1S/C11H16N2O3/c1-8(14)7-12-9(2)10-4-3-5-11(6-10)13(15)16/h3-6,8-9,12,14H,7H2,1-2H3/t8-,9?/m1/s1. The Kier molecular flexibility index (Phi) is 4.39. The molecule has 0 heterocycles. The van der Waals surface area contributed by atoms with E-state index in [0.717, 1.165) is 5.56 Å². The van der Waals surface area contributed by atoms with E-state index in [2.05, 4.69) is 5.32 Å². The van der Waals surface area contributed by atoms with Gasteiger partial charge in [-0.1, -0.05) is 12.1 Å². The summed E-state index contributed by atoms with van der Waals surface area (Å²) in [6, 6.07) is 6.47. The first-order valence-corrected chi connectivity index (χ1v) is 5.16. The van der Waals surface area contributed by atoms with Crippen LogP contribution in [0.4, 0.5) is 5.69 Å². The average molecular weight is 224 g/mol. The molecule has 0 radical (unpaired) electrons. The Hall–Kier alpha value is -1.46. The molecule has 1 unspecified atom stereocenters. The van der Waals surface area contributed by atoms with E-state index in [1.54, 1.807) is 19.1 Å². The Labute approximate surface area is 94.3 Å². The van der Waals surface area contributed by atoms with Crippen LogP contribution in [0.5, 0.6) is 0 Å². The van der Waals surface area contributed by atoms with Gasteiger partial charge in [-0.05, 0) is 19.4 Å². The number of hydrogen-bond donors (Lipinski definition) is 2. The number of nitrogens with one attached hydrogen (secondary N) is 1. The maximum Gasteiger partial charge on any atom is 0.269 e. The van der Waals surface area contributed by atoms with Gasteiger partial charge < -0.3 is 10.4 Å². The van der Waals surface area contributed by atoms with E-state index in [9.17, 15) is 10.1 Å². The number of rotatable bonds is 5. The molecule has 1 aromatic carbocycles. The zero-order chi connectivity index (χ0) is 12.1. The van der Waals surface area contributed by atoms with Crippen molar-refractivity contribution < 1.29 is 10.0 Å². The van der Waals surface area contributed by atoms with Crippen LogP contribution in [-0.4, -0.2) is 22.7 Å². The largest absolute Gasteiger partial charge is 0.392 e. The van der Waals surface area contributed by atoms with Gasteiger partial charge in [-0.25, -0.2) is 0 Å². The summed E-state index contributed by atoms with van der Waals surface area (Å²) in [5.41, 5.74) is 0.929. The zero-order valence-electron chi connectivity index (χ0n) is 9.38. The van der Waals surface area contributed by atoms with Crippen molar-refractivity contribution in [1.82, 2.24) is 5.32 Å². The molecule has 0 aliphatic rings. The quantitative estimate of drug-likeness (QED) is 0.588. The number of benzene rings is 1. The zero-order valence-corrected chi connectivity index (χ0v) is 9.38. The summed E-state index contributed by atoms with van der Waals surface area (Å²) < 4.78 is 0. The van der Waals surface area contributed by atoms with Crippen molar-refractivity contribution in [3.8, 4) is 0 Å². The van der Waals surface area contributed by atoms with Crippen LogP contribution in [-0.2, 0) is 0 Å². The van der Waals surface area contributed by atoms with Gasteiger partial charge in [-0.3, -0.25) is 10.1 Å². The van der Waals surface area contributed by atoms with Crippen LogP contribution in [0.1, 0.15) is 25.5 Å². The predicted octanol–water partition coefficient (Wildman–Crippen LogP) is 1.63. The molecule has 0 saturated heterocycles. The van der Waals surface area contributed by atoms with E-state index in [1.165, 1.54) is 6.07 Å². The second-order valence-electron chi connectivity index (χ2n) is 3.83. The molecule has 1 aromatic rings. The van der Waals surface area contributed by atoms with Crippen LogP contribution in [0.25, 0.3) is 0 Å². The van der Waals surface area contributed by atoms with Gasteiger partial charge in [-0.2, -0.15) is 0 Å². The number of nitro benzene ring substituents is 1. The highest BCUT2D eigenvalue weighted by molar-refractivity contribution is 5.35. The molecule has 2 N–H and O–H groups in total. The summed E-state index contributed by atoms with van der Waals surface area (Å²) in [4.78, 5) is 10.2. The van der Waals surface area contributed by atoms with Crippen LogP contribution in [0.3, 0.4) is 0 Å². The van der Waals surface area contributed by atoms with Gasteiger partial charge in [0.05, 0.1) is 11.0 Å². The molecule has 0 bridgehead atoms. The van der Waals surface area contributed by atoms with E-state index in [1.807, 2.05) is 13.0 Å². The third-order valence-electron chi connectivity index (χ3n) is 2.30. The molecule has 5 nitrogen and oxygen atoms in total. The summed E-state index contributed by atoms with van der Waals surface area (Å²) in [5.74, 6) is 0. The molecule has 88 valence electrons. The van der Waals surface area contributed by atoms with Crippen LogP contribution in [0, 0.1) is 10.1 Å². The first-order valence-electron chi connectivity index (χ1n) is 5.16. The molecule has 5 heteroatoms. The van der Waals surface area contributed by atoms with Gasteiger partial charge in [0.15, 0.2) is 0 Å². The van der Waals surface area contributed by atoms with Crippen LogP contribution >= 0.6 is 0 Å². The Morgan fingerprint density at radius 2 is 2.19 bits per heavy atom. The fourth-order valence-electron chi connectivity index (χ4n) is 1.37. The third kappa shape index (κ3) is 3.60. The van der Waals surface area contributed by atoms with Crippen molar-refractivity contribution in [1.29, 1.82) is 0 Å². The van der Waals surface area contributed by atoms with Crippen LogP contribution < -0.4 is 5.32 Å². The van der Waals surface area contributed by atoms with Gasteiger partial charge in [0, 0.05) is 24.7 Å². The second-order valence-corrected chi connectivity index (χ2v) is 3.83. The molecular formula is C11H16N2O3. The Bertz CT molecular complexity index is 366. The monoisotopic (exact) mass is 224 g/mol. The van der Waals surface area contributed by atoms with Gasteiger partial charge in [0.1, 0.15) is 0 Å². The number of nitro groups is 1. The van der Waals surface area contributed by atoms with Crippen LogP contribution in [0.15, 0.2) is 24.3 Å². The molecule has 0 aliphatic carbocycles. The normalized spacial score (nSPS) is 14.4. The minimum absolute atomic E-state index is 0.0190. The highest BCUT2D eigenvalue weighted by atomic mass is 16.6. The maximum absolute atomic E-state index is 10.6. The van der Waals surface area contributed by atoms with Gasteiger partial charge >= 0.3 is 0 Å². The highest BCUT2D eigenvalue weighted by Gasteiger charge is 2.10. The van der Waals surface area contributed by atoms with E-state index >= 15 is 0 Å². The van der Waals surface area contributed by atoms with Crippen molar-refractivity contribution in [2.45, 2.75) is 26.0 Å². The molecule has 0 spiro atoms. The van der Waals surface area contributed by atoms with Crippen molar-refractivity contribution in [2.24, 2.45) is 0 Å². The Morgan fingerprint density at radius 1 is 1.50 bits per heavy atom. The molecule has 2 atom stereocenters. The summed E-state index contributed by atoms with van der Waals surface area (Å²) in [6.07, 6.45) is -0.429. The van der Waals surface area contributed by atoms with Crippen molar-refractivity contribution in [3.05, 3.63) is 39.9 Å². The number of aliphatic hydroxyl groups excluding tert-OH is 1. The fourth-order valence-corrected chi connectivity index (χ4v) is 1.37. The molecule has 0 saturated carbocycles. The lowest BCUT2D eigenvalue weighted by Crippen LogP contribution is -2.27. The number of non-ortho nitro benzene ring substituents is 1. The minimum atomic E-state index is -0.429. The first-order chi connectivity index (χ1) is 7.50. The topological polar surface area (TPSA) is 75.4 Å². The second kappa shape index (κ2) is 5.58. The van der Waals surface area contributed by atoms with E-state index < -0.39 is 11.0 Å². The molecule has 0 amide bonds. The van der Waals surface area contributed by atoms with Crippen molar-refractivity contribution >= 4 is 5.69 Å². The summed E-state index contributed by atoms with van der Waals surface area (Å²) in [6.45, 7) is 4.05. The van der Waals surface area contributed by atoms with Gasteiger partial charge in [-0.15, -0.1) is 0 Å². The van der Waals surface area contributed by atoms with Gasteiger partial charge in [0.25, 0.3) is 5.69 Å². The maximum atomic E-state index is 10.6. The SMILES string of the molecule is CC(NC[C@@H](C)O)c1cccc([N+](=O)[O-])c1. The van der Waals surface area contributed by atoms with E-state index in [0.29, 0.717) is 6.54 Å². The minimum Gasteiger partial charge on any atom is -0.392 e. The number of nitrogens with zero attached hydrogens (tertiary/aromatic N) is 1. The van der Waals surface area contributed by atoms with Gasteiger partial charge in [0.2, 0.25) is 0 Å². The fraction of sp³-hybridized carbons (Fsp3) is 0.455.